The lowest BCUT2D eigenvalue weighted by Gasteiger charge is -2.22. The summed E-state index contributed by atoms with van der Waals surface area (Å²) in [5.74, 6) is 0.0949. The Kier molecular flexibility index (Phi) is 1.43. The van der Waals surface area contributed by atoms with Gasteiger partial charge in [-0.3, -0.25) is 4.79 Å². The molecule has 0 aromatic rings. The second kappa shape index (κ2) is 2.31. The second-order valence-corrected chi connectivity index (χ2v) is 2.92. The van der Waals surface area contributed by atoms with Crippen molar-refractivity contribution >= 4 is 5.78 Å². The van der Waals surface area contributed by atoms with Crippen LogP contribution >= 0.6 is 0 Å². The van der Waals surface area contributed by atoms with Crippen LogP contribution < -0.4 is 0 Å². The van der Waals surface area contributed by atoms with E-state index in [1.54, 1.807) is 12.2 Å². The number of hydrogen-bond acceptors (Lipinski definition) is 2. The molecule has 11 heavy (non-hydrogen) atoms. The molecule has 1 heterocycles. The van der Waals surface area contributed by atoms with Crippen LogP contribution in [-0.2, 0) is 9.53 Å². The van der Waals surface area contributed by atoms with Gasteiger partial charge in [0.2, 0.25) is 0 Å². The van der Waals surface area contributed by atoms with E-state index in [1.807, 2.05) is 12.2 Å². The number of allylic oxidation sites excluding steroid dienone is 2. The van der Waals surface area contributed by atoms with Gasteiger partial charge in [0.15, 0.2) is 5.78 Å². The van der Waals surface area contributed by atoms with Gasteiger partial charge in [-0.05, 0) is 25.0 Å². The van der Waals surface area contributed by atoms with Crippen LogP contribution in [0.25, 0.3) is 0 Å². The van der Waals surface area contributed by atoms with Crippen molar-refractivity contribution in [2.24, 2.45) is 0 Å². The summed E-state index contributed by atoms with van der Waals surface area (Å²) in [5.41, 5.74) is -0.575. The molecule has 0 aromatic carbocycles. The smallest absolute Gasteiger partial charge is 0.191 e. The van der Waals surface area contributed by atoms with Gasteiger partial charge in [0, 0.05) is 6.61 Å². The van der Waals surface area contributed by atoms with Gasteiger partial charge in [-0.2, -0.15) is 0 Å². The van der Waals surface area contributed by atoms with Gasteiger partial charge in [-0.15, -0.1) is 0 Å². The zero-order valence-corrected chi connectivity index (χ0v) is 6.25. The normalized spacial score (nSPS) is 35.5. The highest BCUT2D eigenvalue weighted by Crippen LogP contribution is 2.30. The Morgan fingerprint density at radius 3 is 3.00 bits per heavy atom. The molecule has 0 amide bonds. The minimum atomic E-state index is -0.575. The van der Waals surface area contributed by atoms with Crippen LogP contribution in [0.4, 0.5) is 0 Å². The van der Waals surface area contributed by atoms with Crippen LogP contribution in [0.1, 0.15) is 12.8 Å². The highest BCUT2D eigenvalue weighted by Gasteiger charge is 2.39. The molecule has 2 heteroatoms. The molecule has 1 saturated heterocycles. The molecule has 0 radical (unpaired) electrons. The predicted molar refractivity (Wildman–Crippen MR) is 41.2 cm³/mol. The second-order valence-electron chi connectivity index (χ2n) is 2.92. The van der Waals surface area contributed by atoms with Crippen LogP contribution in [0, 0.1) is 0 Å². The van der Waals surface area contributed by atoms with E-state index in [1.165, 1.54) is 0 Å². The maximum absolute atomic E-state index is 11.4. The van der Waals surface area contributed by atoms with Crippen LogP contribution in [0.5, 0.6) is 0 Å². The van der Waals surface area contributed by atoms with Crippen molar-refractivity contribution in [2.45, 2.75) is 18.4 Å². The fourth-order valence-electron chi connectivity index (χ4n) is 1.56. The van der Waals surface area contributed by atoms with Gasteiger partial charge in [0.25, 0.3) is 0 Å². The molecule has 1 aliphatic heterocycles. The molecule has 1 unspecified atom stereocenters. The van der Waals surface area contributed by atoms with Gasteiger partial charge < -0.3 is 4.74 Å². The van der Waals surface area contributed by atoms with E-state index < -0.39 is 5.60 Å². The largest absolute Gasteiger partial charge is 0.363 e. The van der Waals surface area contributed by atoms with E-state index in [-0.39, 0.29) is 5.78 Å². The highest BCUT2D eigenvalue weighted by molar-refractivity contribution is 6.00. The molecule has 0 N–H and O–H groups in total. The standard InChI is InChI=1S/C9H10O2/c10-8-4-1-2-5-9(8)6-3-7-11-9/h1-2,4-5H,3,6-7H2. The molecule has 58 valence electrons. The first-order valence-corrected chi connectivity index (χ1v) is 3.88. The number of carbonyl (C=O) groups excluding carboxylic acids is 1. The summed E-state index contributed by atoms with van der Waals surface area (Å²) in [6.07, 6.45) is 8.92. The summed E-state index contributed by atoms with van der Waals surface area (Å²) in [7, 11) is 0. The molecular weight excluding hydrogens is 140 g/mol. The van der Waals surface area contributed by atoms with Crippen molar-refractivity contribution in [1.82, 2.24) is 0 Å². The van der Waals surface area contributed by atoms with Gasteiger partial charge >= 0.3 is 0 Å². The van der Waals surface area contributed by atoms with Crippen LogP contribution in [0.2, 0.25) is 0 Å². The zero-order valence-electron chi connectivity index (χ0n) is 6.25. The molecule has 0 saturated carbocycles. The molecular formula is C9H10O2. The lowest BCUT2D eigenvalue weighted by Crippen LogP contribution is -2.35. The summed E-state index contributed by atoms with van der Waals surface area (Å²) in [6, 6.07) is 0. The maximum atomic E-state index is 11.4. The van der Waals surface area contributed by atoms with Gasteiger partial charge in [0.05, 0.1) is 0 Å². The number of rotatable bonds is 0. The van der Waals surface area contributed by atoms with Crippen molar-refractivity contribution in [3.8, 4) is 0 Å². The number of hydrogen-bond donors (Lipinski definition) is 0. The zero-order chi connectivity index (χ0) is 7.73. The Labute approximate surface area is 65.5 Å². The minimum Gasteiger partial charge on any atom is -0.363 e. The first-order chi connectivity index (χ1) is 5.33. The Bertz CT molecular complexity index is 232. The van der Waals surface area contributed by atoms with Crippen molar-refractivity contribution in [3.05, 3.63) is 24.3 Å². The van der Waals surface area contributed by atoms with E-state index in [4.69, 9.17) is 4.74 Å². The predicted octanol–water partition coefficient (Wildman–Crippen LogP) is 1.23. The number of ketones is 1. The average molecular weight is 150 g/mol. The molecule has 2 nitrogen and oxygen atoms in total. The summed E-state index contributed by atoms with van der Waals surface area (Å²) in [5, 5.41) is 0. The number of ether oxygens (including phenoxy) is 1. The lowest BCUT2D eigenvalue weighted by molar-refractivity contribution is -0.129. The van der Waals surface area contributed by atoms with Crippen molar-refractivity contribution in [1.29, 1.82) is 0 Å². The molecule has 1 spiro atoms. The lowest BCUT2D eigenvalue weighted by atomic mass is 9.91. The average Bonchev–Trinajstić information content (AvgIpc) is 2.46. The summed E-state index contributed by atoms with van der Waals surface area (Å²) >= 11 is 0. The summed E-state index contributed by atoms with van der Waals surface area (Å²) in [4.78, 5) is 11.4. The third-order valence-corrected chi connectivity index (χ3v) is 2.19. The highest BCUT2D eigenvalue weighted by atomic mass is 16.5. The quantitative estimate of drug-likeness (QED) is 0.519. The SMILES string of the molecule is O=C1C=CC=CC12CCCO2. The van der Waals surface area contributed by atoms with Crippen molar-refractivity contribution in [3.63, 3.8) is 0 Å². The number of carbonyl (C=O) groups is 1. The third kappa shape index (κ3) is 0.942. The monoisotopic (exact) mass is 150 g/mol. The fourth-order valence-corrected chi connectivity index (χ4v) is 1.56. The van der Waals surface area contributed by atoms with E-state index in [9.17, 15) is 4.79 Å². The van der Waals surface area contributed by atoms with Crippen molar-refractivity contribution in [2.75, 3.05) is 6.61 Å². The first-order valence-electron chi connectivity index (χ1n) is 3.88. The Balaban J connectivity index is 2.30. The molecule has 1 atom stereocenters. The van der Waals surface area contributed by atoms with E-state index in [0.717, 1.165) is 12.8 Å². The molecule has 1 aliphatic carbocycles. The maximum Gasteiger partial charge on any atom is 0.191 e. The van der Waals surface area contributed by atoms with Gasteiger partial charge in [-0.1, -0.05) is 12.2 Å². The van der Waals surface area contributed by atoms with Gasteiger partial charge in [0.1, 0.15) is 5.60 Å². The van der Waals surface area contributed by atoms with E-state index in [0.29, 0.717) is 6.61 Å². The van der Waals surface area contributed by atoms with E-state index >= 15 is 0 Å². The van der Waals surface area contributed by atoms with Crippen LogP contribution in [-0.4, -0.2) is 18.0 Å². The van der Waals surface area contributed by atoms with Crippen molar-refractivity contribution < 1.29 is 9.53 Å². The molecule has 2 aliphatic rings. The topological polar surface area (TPSA) is 26.3 Å². The fraction of sp³-hybridized carbons (Fsp3) is 0.444. The molecule has 0 bridgehead atoms. The third-order valence-electron chi connectivity index (χ3n) is 2.19. The van der Waals surface area contributed by atoms with Crippen LogP contribution in [0.15, 0.2) is 24.3 Å². The Hall–Kier alpha value is -0.890. The first kappa shape index (κ1) is 6.80. The van der Waals surface area contributed by atoms with Crippen LogP contribution in [0.3, 0.4) is 0 Å². The Morgan fingerprint density at radius 2 is 2.36 bits per heavy atom. The van der Waals surface area contributed by atoms with Gasteiger partial charge in [-0.25, -0.2) is 0 Å². The molecule has 1 fully saturated rings. The molecule has 2 rings (SSSR count). The molecule has 0 aromatic heterocycles. The minimum absolute atomic E-state index is 0.0949. The van der Waals surface area contributed by atoms with E-state index in [2.05, 4.69) is 0 Å². The Morgan fingerprint density at radius 1 is 1.45 bits per heavy atom. The summed E-state index contributed by atoms with van der Waals surface area (Å²) < 4.78 is 5.41. The summed E-state index contributed by atoms with van der Waals surface area (Å²) in [6.45, 7) is 0.712.